The molecule has 4 rings (SSSR count). The first-order chi connectivity index (χ1) is 20.6. The second-order valence-electron chi connectivity index (χ2n) is 10.5. The zero-order chi connectivity index (χ0) is 31.6. The number of aryl methyl sites for hydroxylation is 1. The monoisotopic (exact) mass is 596 g/mol. The van der Waals surface area contributed by atoms with Crippen molar-refractivity contribution in [3.63, 3.8) is 0 Å². The molecule has 3 aromatic carbocycles. The molecule has 1 aliphatic rings. The van der Waals surface area contributed by atoms with Crippen LogP contribution >= 0.6 is 0 Å². The fourth-order valence-electron chi connectivity index (χ4n) is 5.21. The molecule has 1 aliphatic carbocycles. The summed E-state index contributed by atoms with van der Waals surface area (Å²) in [4.78, 5) is 11.7. The molecule has 0 heterocycles. The van der Waals surface area contributed by atoms with Crippen molar-refractivity contribution >= 4 is 23.2 Å². The second kappa shape index (κ2) is 15.6. The summed E-state index contributed by atoms with van der Waals surface area (Å²) in [7, 11) is 1.38. The summed E-state index contributed by atoms with van der Waals surface area (Å²) >= 11 is 0. The number of benzene rings is 3. The molecule has 0 fully saturated rings. The minimum Gasteiger partial charge on any atom is -0.496 e. The van der Waals surface area contributed by atoms with Crippen LogP contribution in [0.15, 0.2) is 66.2 Å². The summed E-state index contributed by atoms with van der Waals surface area (Å²) in [5.74, 6) is -0.834. The Bertz CT molecular complexity index is 1440. The zero-order valence-corrected chi connectivity index (χ0v) is 25.3. The lowest BCUT2D eigenvalue weighted by Crippen LogP contribution is -2.06. The van der Waals surface area contributed by atoms with Crippen LogP contribution in [-0.4, -0.2) is 24.9 Å². The van der Waals surface area contributed by atoms with Crippen LogP contribution in [-0.2, 0) is 12.6 Å². The van der Waals surface area contributed by atoms with Crippen LogP contribution in [0.4, 0.5) is 17.6 Å². The van der Waals surface area contributed by atoms with Gasteiger partial charge in [0.2, 0.25) is 0 Å². The van der Waals surface area contributed by atoms with E-state index in [1.807, 2.05) is 37.3 Å². The van der Waals surface area contributed by atoms with Crippen LogP contribution in [0.3, 0.4) is 0 Å². The van der Waals surface area contributed by atoms with Crippen molar-refractivity contribution in [2.45, 2.75) is 71.9 Å². The first-order valence-electron chi connectivity index (χ1n) is 14.8. The van der Waals surface area contributed by atoms with Gasteiger partial charge < -0.3 is 9.84 Å². The predicted octanol–water partition coefficient (Wildman–Crippen LogP) is 10.7. The van der Waals surface area contributed by atoms with Gasteiger partial charge in [-0.2, -0.15) is 13.2 Å². The van der Waals surface area contributed by atoms with E-state index in [9.17, 15) is 27.5 Å². The number of hydrogen-bond acceptors (Lipinski definition) is 2. The summed E-state index contributed by atoms with van der Waals surface area (Å²) in [5, 5.41) is 9.55. The molecule has 3 nitrogen and oxygen atoms in total. The van der Waals surface area contributed by atoms with Gasteiger partial charge in [-0.1, -0.05) is 75.2 Å². The third kappa shape index (κ3) is 8.59. The Morgan fingerprint density at radius 3 is 2.14 bits per heavy atom. The summed E-state index contributed by atoms with van der Waals surface area (Å²) in [6, 6.07) is 16.9. The lowest BCUT2D eigenvalue weighted by Gasteiger charge is -2.20. The number of fused-ring (bicyclic) bond motifs is 1. The van der Waals surface area contributed by atoms with Gasteiger partial charge in [-0.05, 0) is 96.2 Å². The number of carbonyl (C=O) groups is 1. The summed E-state index contributed by atoms with van der Waals surface area (Å²) < 4.78 is 56.8. The lowest BCUT2D eigenvalue weighted by molar-refractivity contribution is -0.137. The summed E-state index contributed by atoms with van der Waals surface area (Å²) in [5.41, 5.74) is 6.95. The maximum atomic E-state index is 13.4. The van der Waals surface area contributed by atoms with Gasteiger partial charge in [0, 0.05) is 5.56 Å². The molecule has 1 N–H and O–H groups in total. The Morgan fingerprint density at radius 1 is 0.930 bits per heavy atom. The highest BCUT2D eigenvalue weighted by atomic mass is 19.4. The highest BCUT2D eigenvalue weighted by molar-refractivity contribution is 6.01. The number of aromatic carboxylic acids is 1. The molecule has 0 saturated carbocycles. The Hall–Kier alpha value is -3.87. The van der Waals surface area contributed by atoms with E-state index in [2.05, 4.69) is 19.9 Å². The van der Waals surface area contributed by atoms with E-state index >= 15 is 0 Å². The molecule has 43 heavy (non-hydrogen) atoms. The molecule has 0 atom stereocenters. The highest BCUT2D eigenvalue weighted by Gasteiger charge is 2.32. The number of ether oxygens (including phenoxy) is 1. The molecule has 0 aromatic heterocycles. The number of unbranched alkanes of at least 4 members (excludes halogenated alkanes) is 1. The van der Waals surface area contributed by atoms with Crippen molar-refractivity contribution in [1.82, 2.24) is 0 Å². The van der Waals surface area contributed by atoms with Gasteiger partial charge in [-0.3, -0.25) is 4.39 Å². The van der Waals surface area contributed by atoms with E-state index in [0.717, 1.165) is 77.6 Å². The van der Waals surface area contributed by atoms with E-state index in [4.69, 9.17) is 4.74 Å². The molecular formula is C36H40F4O3. The maximum absolute atomic E-state index is 13.4. The van der Waals surface area contributed by atoms with Crippen molar-refractivity contribution in [1.29, 1.82) is 0 Å². The van der Waals surface area contributed by atoms with Gasteiger partial charge in [0.15, 0.2) is 0 Å². The molecule has 0 bridgehead atoms. The molecule has 0 aliphatic heterocycles. The van der Waals surface area contributed by atoms with E-state index in [1.54, 1.807) is 12.1 Å². The third-order valence-electron chi connectivity index (χ3n) is 7.62. The van der Waals surface area contributed by atoms with Crippen molar-refractivity contribution in [3.8, 4) is 5.75 Å². The molecule has 3 aromatic rings. The lowest BCUT2D eigenvalue weighted by atomic mass is 9.86. The van der Waals surface area contributed by atoms with Gasteiger partial charge in [-0.25, -0.2) is 4.79 Å². The van der Waals surface area contributed by atoms with Crippen molar-refractivity contribution in [2.24, 2.45) is 0 Å². The van der Waals surface area contributed by atoms with Crippen molar-refractivity contribution < 1.29 is 32.2 Å². The van der Waals surface area contributed by atoms with Crippen LogP contribution in [0.2, 0.25) is 0 Å². The molecule has 230 valence electrons. The average molecular weight is 597 g/mol. The van der Waals surface area contributed by atoms with Gasteiger partial charge >= 0.3 is 12.1 Å². The van der Waals surface area contributed by atoms with Gasteiger partial charge in [-0.15, -0.1) is 0 Å². The largest absolute Gasteiger partial charge is 0.496 e. The number of alkyl halides is 4. The topological polar surface area (TPSA) is 46.5 Å². The van der Waals surface area contributed by atoms with Crippen LogP contribution in [0.1, 0.15) is 103 Å². The normalized spacial score (nSPS) is 12.9. The van der Waals surface area contributed by atoms with Crippen LogP contribution in [0.5, 0.6) is 5.75 Å². The number of carboxylic acids is 1. The number of hydrogen-bond donors (Lipinski definition) is 1. The smallest absolute Gasteiger partial charge is 0.416 e. The first-order valence-corrected chi connectivity index (χ1v) is 14.8. The minimum absolute atomic E-state index is 0.156. The molecule has 0 spiro atoms. The van der Waals surface area contributed by atoms with Crippen LogP contribution < -0.4 is 4.74 Å². The molecule has 0 saturated heterocycles. The number of halogens is 4. The standard InChI is InChI=1S/C32H31F3O3.C4H9F/c1-4-20(5-2)17-21-9-11-22(12-10-21)30-26-15-13-24(31(36)37)18-23(26)7-6-8-28(30)27-16-14-25(32(33,34)35)19-29(27)38-3;1-2-3-4-5/h9-19H,4-8H2,1-3H3,(H,36,37);2-4H2,1H3. The van der Waals surface area contributed by atoms with Crippen molar-refractivity contribution in [3.05, 3.63) is 105 Å². The third-order valence-corrected chi connectivity index (χ3v) is 7.62. The number of allylic oxidation sites excluding steroid dienone is 2. The molecule has 0 unspecified atom stereocenters. The minimum atomic E-state index is -4.48. The maximum Gasteiger partial charge on any atom is 0.416 e. The Morgan fingerprint density at radius 2 is 1.60 bits per heavy atom. The van der Waals surface area contributed by atoms with Gasteiger partial charge in [0.1, 0.15) is 5.75 Å². The fourth-order valence-corrected chi connectivity index (χ4v) is 5.21. The van der Waals surface area contributed by atoms with E-state index in [1.165, 1.54) is 18.7 Å². The quantitative estimate of drug-likeness (QED) is 0.250. The van der Waals surface area contributed by atoms with Crippen LogP contribution in [0, 0.1) is 0 Å². The molecule has 0 radical (unpaired) electrons. The van der Waals surface area contributed by atoms with Crippen molar-refractivity contribution in [2.75, 3.05) is 13.8 Å². The fraction of sp³-hybridized carbons (Fsp3) is 0.361. The van der Waals surface area contributed by atoms with Gasteiger partial charge in [0.05, 0.1) is 24.9 Å². The SMILES string of the molecule is CCC(=Cc1ccc(C2=C(c3ccc(C(F)(F)F)cc3OC)CCCc3cc(C(=O)O)ccc32)cc1)CC.CCCCF. The average Bonchev–Trinajstić information content (AvgIpc) is 3.19. The summed E-state index contributed by atoms with van der Waals surface area (Å²) in [6.45, 7) is 6.08. The number of rotatable bonds is 9. The molecule has 0 amide bonds. The number of methoxy groups -OCH3 is 1. The second-order valence-corrected chi connectivity index (χ2v) is 10.5. The van der Waals surface area contributed by atoms with E-state index in [0.29, 0.717) is 18.4 Å². The predicted molar refractivity (Wildman–Crippen MR) is 166 cm³/mol. The van der Waals surface area contributed by atoms with E-state index in [-0.39, 0.29) is 18.0 Å². The first kappa shape index (κ1) is 33.6. The van der Waals surface area contributed by atoms with Crippen LogP contribution in [0.25, 0.3) is 17.2 Å². The highest BCUT2D eigenvalue weighted by Crippen LogP contribution is 2.44. The Kier molecular flexibility index (Phi) is 12.2. The van der Waals surface area contributed by atoms with Gasteiger partial charge in [0.25, 0.3) is 0 Å². The summed E-state index contributed by atoms with van der Waals surface area (Å²) in [6.07, 6.45) is 3.31. The Labute approximate surface area is 251 Å². The zero-order valence-electron chi connectivity index (χ0n) is 25.3. The Balaban J connectivity index is 0.000000934. The molecular weight excluding hydrogens is 556 g/mol. The molecule has 7 heteroatoms. The van der Waals surface area contributed by atoms with E-state index < -0.39 is 17.7 Å². The number of carboxylic acid groups (broad SMARTS) is 1.